The lowest BCUT2D eigenvalue weighted by Crippen LogP contribution is -2.27. The number of azo groups is 2. The Kier molecular flexibility index (Phi) is 12.1. The second-order valence-electron chi connectivity index (χ2n) is 17.3. The van der Waals surface area contributed by atoms with Gasteiger partial charge in [-0.05, 0) is 125 Å². The smallest absolute Gasteiger partial charge is 0.206 e. The van der Waals surface area contributed by atoms with Crippen LogP contribution >= 0.6 is 31.9 Å². The molecule has 0 saturated heterocycles. The van der Waals surface area contributed by atoms with E-state index in [9.17, 15) is 18.0 Å². The maximum atomic E-state index is 13.7. The van der Waals surface area contributed by atoms with Gasteiger partial charge in [-0.25, -0.2) is 8.42 Å². The number of halogens is 2. The van der Waals surface area contributed by atoms with E-state index in [0.717, 1.165) is 11.1 Å². The van der Waals surface area contributed by atoms with Crippen molar-refractivity contribution in [2.75, 3.05) is 0 Å². The molecule has 0 bridgehead atoms. The van der Waals surface area contributed by atoms with E-state index in [1.54, 1.807) is 24.5 Å². The average molecular weight is 865 g/mol. The van der Waals surface area contributed by atoms with Crippen LogP contribution in [0.3, 0.4) is 0 Å². The molecule has 0 amide bonds. The molecule has 2 aromatic carbocycles. The van der Waals surface area contributed by atoms with Crippen molar-refractivity contribution in [3.8, 4) is 0 Å². The van der Waals surface area contributed by atoms with Crippen LogP contribution in [0.4, 0.5) is 11.4 Å². The van der Waals surface area contributed by atoms with E-state index in [4.69, 9.17) is 0 Å². The van der Waals surface area contributed by atoms with Gasteiger partial charge in [0.1, 0.15) is 5.69 Å². The quantitative estimate of drug-likeness (QED) is 0.269. The zero-order chi connectivity index (χ0) is 39.9. The van der Waals surface area contributed by atoms with Crippen LogP contribution in [0, 0.1) is 21.7 Å². The summed E-state index contributed by atoms with van der Waals surface area (Å²) in [4.78, 5) is 26.6. The Hall–Kier alpha value is -3.67. The van der Waals surface area contributed by atoms with Gasteiger partial charge in [0.15, 0.2) is 11.6 Å². The third kappa shape index (κ3) is 9.91. The number of carbonyl (C=O) groups excluding carboxylic acids is 2. The Bertz CT molecular complexity index is 2110. The predicted molar refractivity (Wildman–Crippen MR) is 219 cm³/mol. The summed E-state index contributed by atoms with van der Waals surface area (Å²) in [5.41, 5.74) is 3.84. The van der Waals surface area contributed by atoms with Crippen molar-refractivity contribution >= 4 is 64.6 Å². The highest BCUT2D eigenvalue weighted by atomic mass is 79.9. The van der Waals surface area contributed by atoms with Gasteiger partial charge < -0.3 is 0 Å². The number of hydrogen-bond donors (Lipinski definition) is 0. The maximum Gasteiger partial charge on any atom is 0.206 e. The molecule has 0 aliphatic heterocycles. The summed E-state index contributed by atoms with van der Waals surface area (Å²) in [6.07, 6.45) is 10.6. The summed E-state index contributed by atoms with van der Waals surface area (Å²) in [6, 6.07) is 9.13. The second kappa shape index (κ2) is 15.2. The van der Waals surface area contributed by atoms with E-state index in [0.29, 0.717) is 42.6 Å². The Morgan fingerprint density at radius 3 is 1.21 bits per heavy atom. The summed E-state index contributed by atoms with van der Waals surface area (Å²) < 4.78 is 28.2. The summed E-state index contributed by atoms with van der Waals surface area (Å²) in [6.45, 7) is 24.1. The van der Waals surface area contributed by atoms with E-state index in [1.165, 1.54) is 24.3 Å². The van der Waals surface area contributed by atoms with Crippen molar-refractivity contribution in [2.45, 2.75) is 92.9 Å². The fourth-order valence-electron chi connectivity index (χ4n) is 5.62. The minimum atomic E-state index is -3.91. The Morgan fingerprint density at radius 1 is 0.528 bits per heavy atom. The molecule has 0 spiro atoms. The summed E-state index contributed by atoms with van der Waals surface area (Å²) >= 11 is 6.95. The first kappa shape index (κ1) is 42.1. The van der Waals surface area contributed by atoms with Crippen molar-refractivity contribution in [1.29, 1.82) is 0 Å². The molecule has 53 heavy (non-hydrogen) atoms. The van der Waals surface area contributed by atoms with E-state index in [1.807, 2.05) is 107 Å². The molecule has 280 valence electrons. The third-order valence-corrected chi connectivity index (χ3v) is 11.6. The fourth-order valence-corrected chi connectivity index (χ4v) is 8.58. The van der Waals surface area contributed by atoms with Gasteiger partial charge in [0.05, 0.1) is 27.9 Å². The molecular formula is C42H48Br2N4O4S. The van der Waals surface area contributed by atoms with Gasteiger partial charge in [-0.15, -0.1) is 5.11 Å². The van der Waals surface area contributed by atoms with Gasteiger partial charge in [0.2, 0.25) is 9.84 Å². The topological polar surface area (TPSA) is 118 Å². The SMILES string of the molecule is CC(C)(C)C1=CC(=CN=Nc2ccc(S(=O)(=O)c3cc(Br)c(N=NC=C4C=C(C(C)(C)C)C(=O)C(C(C)(C)C)=C4)c(Br)c3)cc2)C=C(C(C)(C)C)C1=O. The molecule has 0 heterocycles. The van der Waals surface area contributed by atoms with Crippen molar-refractivity contribution in [1.82, 2.24) is 0 Å². The van der Waals surface area contributed by atoms with Crippen LogP contribution in [-0.4, -0.2) is 20.0 Å². The number of rotatable bonds is 6. The Labute approximate surface area is 331 Å². The number of benzene rings is 2. The standard InChI is InChI=1S/C42H48Br2N4O4S/c1-39(2,3)30-17-25(18-31(37(30)49)40(4,5)6)23-45-47-27-13-15-28(16-14-27)53(51,52)29-21-34(43)36(35(44)22-29)48-46-24-26-19-32(41(7,8)9)38(50)33(20-26)42(10,11)12/h13-24H,1-12H3. The minimum Gasteiger partial charge on any atom is -0.289 e. The number of Topliss-reactive ketones (excluding diaryl/α,β-unsaturated/α-hetero) is 2. The van der Waals surface area contributed by atoms with Crippen molar-refractivity contribution < 1.29 is 18.0 Å². The van der Waals surface area contributed by atoms with Gasteiger partial charge in [-0.2, -0.15) is 15.3 Å². The summed E-state index contributed by atoms with van der Waals surface area (Å²) in [5, 5.41) is 17.2. The zero-order valence-electron chi connectivity index (χ0n) is 32.5. The van der Waals surface area contributed by atoms with E-state index < -0.39 is 9.84 Å². The van der Waals surface area contributed by atoms with Crippen molar-refractivity contribution in [3.05, 3.63) is 115 Å². The molecule has 2 aromatic rings. The van der Waals surface area contributed by atoms with E-state index in [2.05, 4.69) is 52.3 Å². The highest BCUT2D eigenvalue weighted by molar-refractivity contribution is 9.11. The van der Waals surface area contributed by atoms with Crippen LogP contribution in [-0.2, 0) is 19.4 Å². The molecule has 0 aromatic heterocycles. The van der Waals surface area contributed by atoms with Crippen LogP contribution < -0.4 is 0 Å². The minimum absolute atomic E-state index is 0.0343. The molecule has 0 N–H and O–H groups in total. The van der Waals surface area contributed by atoms with Crippen molar-refractivity contribution in [2.24, 2.45) is 42.1 Å². The zero-order valence-corrected chi connectivity index (χ0v) is 36.5. The van der Waals surface area contributed by atoms with E-state index in [-0.39, 0.29) is 43.0 Å². The Morgan fingerprint density at radius 2 is 0.868 bits per heavy atom. The summed E-state index contributed by atoms with van der Waals surface area (Å²) in [5.74, 6) is 0.0766. The largest absolute Gasteiger partial charge is 0.289 e. The van der Waals surface area contributed by atoms with Gasteiger partial charge in [-0.3, -0.25) is 9.59 Å². The van der Waals surface area contributed by atoms with Gasteiger partial charge in [0, 0.05) is 31.2 Å². The molecule has 0 unspecified atom stereocenters. The molecule has 0 radical (unpaired) electrons. The number of nitrogens with zero attached hydrogens (tertiary/aromatic N) is 4. The number of allylic oxidation sites excluding steroid dienone is 10. The van der Waals surface area contributed by atoms with Gasteiger partial charge in [0.25, 0.3) is 0 Å². The fraction of sp³-hybridized carbons (Fsp3) is 0.381. The maximum absolute atomic E-state index is 13.7. The highest BCUT2D eigenvalue weighted by Gasteiger charge is 2.35. The number of sulfone groups is 1. The van der Waals surface area contributed by atoms with Crippen LogP contribution in [0.25, 0.3) is 0 Å². The molecule has 2 aliphatic rings. The van der Waals surface area contributed by atoms with E-state index >= 15 is 0 Å². The lowest BCUT2D eigenvalue weighted by molar-refractivity contribution is -0.114. The Balaban J connectivity index is 1.57. The molecule has 4 rings (SSSR count). The van der Waals surface area contributed by atoms with Crippen molar-refractivity contribution in [3.63, 3.8) is 0 Å². The second-order valence-corrected chi connectivity index (χ2v) is 21.0. The first-order valence-corrected chi connectivity index (χ1v) is 20.3. The number of ketones is 2. The summed E-state index contributed by atoms with van der Waals surface area (Å²) in [7, 11) is -3.91. The number of hydrogen-bond acceptors (Lipinski definition) is 8. The molecule has 0 saturated carbocycles. The molecule has 8 nitrogen and oxygen atoms in total. The normalized spacial score (nSPS) is 16.6. The van der Waals surface area contributed by atoms with Crippen LogP contribution in [0.5, 0.6) is 0 Å². The molecule has 11 heteroatoms. The highest BCUT2D eigenvalue weighted by Crippen LogP contribution is 2.41. The third-order valence-electron chi connectivity index (χ3n) is 8.65. The van der Waals surface area contributed by atoms with Crippen LogP contribution in [0.15, 0.2) is 146 Å². The predicted octanol–water partition coefficient (Wildman–Crippen LogP) is 13.0. The van der Waals surface area contributed by atoms with Crippen LogP contribution in [0.2, 0.25) is 0 Å². The lowest BCUT2D eigenvalue weighted by Gasteiger charge is -2.31. The molecule has 2 aliphatic carbocycles. The molecular weight excluding hydrogens is 816 g/mol. The monoisotopic (exact) mass is 862 g/mol. The molecule has 0 fully saturated rings. The first-order chi connectivity index (χ1) is 24.2. The van der Waals surface area contributed by atoms with Crippen LogP contribution in [0.1, 0.15) is 83.1 Å². The lowest BCUT2D eigenvalue weighted by atomic mass is 9.72. The van der Waals surface area contributed by atoms with Gasteiger partial charge >= 0.3 is 0 Å². The molecule has 0 atom stereocenters. The van der Waals surface area contributed by atoms with Gasteiger partial charge in [-0.1, -0.05) is 83.1 Å². The first-order valence-electron chi connectivity index (χ1n) is 17.3. The average Bonchev–Trinajstić information content (AvgIpc) is 3.01. The number of carbonyl (C=O) groups is 2.